The lowest BCUT2D eigenvalue weighted by atomic mass is 10.0. The number of Topliss-reactive ketones (excluding diaryl/α,β-unsaturated/α-hetero) is 1. The Morgan fingerprint density at radius 3 is 2.20 bits per heavy atom. The molecule has 0 bridgehead atoms. The van der Waals surface area contributed by atoms with Crippen LogP contribution < -0.4 is 4.90 Å². The molecular formula is C23H17F2NO3S. The molecule has 1 aliphatic heterocycles. The second-order valence-electron chi connectivity index (χ2n) is 7.10. The smallest absolute Gasteiger partial charge is 0.214 e. The Morgan fingerprint density at radius 2 is 1.53 bits per heavy atom. The molecule has 0 spiro atoms. The van der Waals surface area contributed by atoms with Gasteiger partial charge in [0.2, 0.25) is 15.6 Å². The number of carbonyl (C=O) groups is 1. The minimum Gasteiger partial charge on any atom is -0.314 e. The minimum atomic E-state index is -4.19. The third kappa shape index (κ3) is 3.31. The molecule has 1 heterocycles. The Balaban J connectivity index is 1.94. The fourth-order valence-electron chi connectivity index (χ4n) is 3.48. The van der Waals surface area contributed by atoms with Gasteiger partial charge in [-0.05, 0) is 61.9 Å². The Hall–Kier alpha value is -3.32. The minimum absolute atomic E-state index is 0.0544. The van der Waals surface area contributed by atoms with Crippen LogP contribution in [0.2, 0.25) is 0 Å². The van der Waals surface area contributed by atoms with Crippen molar-refractivity contribution in [2.24, 2.45) is 0 Å². The number of anilines is 2. The Kier molecular flexibility index (Phi) is 4.78. The fraction of sp³-hybridized carbons (Fsp3) is 0.0870. The molecule has 1 aliphatic rings. The summed E-state index contributed by atoms with van der Waals surface area (Å²) >= 11 is 0. The van der Waals surface area contributed by atoms with E-state index < -0.39 is 32.2 Å². The fourth-order valence-corrected chi connectivity index (χ4v) is 4.99. The number of sulfone groups is 1. The third-order valence-electron chi connectivity index (χ3n) is 4.96. The number of rotatable bonds is 3. The predicted octanol–water partition coefficient (Wildman–Crippen LogP) is 5.23. The summed E-state index contributed by atoms with van der Waals surface area (Å²) in [6.07, 6.45) is 1.17. The zero-order chi connectivity index (χ0) is 21.6. The van der Waals surface area contributed by atoms with E-state index in [1.54, 1.807) is 25.1 Å². The van der Waals surface area contributed by atoms with E-state index in [2.05, 4.69) is 0 Å². The summed E-state index contributed by atoms with van der Waals surface area (Å²) in [6, 6.07) is 13.6. The molecule has 0 saturated carbocycles. The maximum absolute atomic E-state index is 13.9. The quantitative estimate of drug-likeness (QED) is 0.426. The lowest BCUT2D eigenvalue weighted by Crippen LogP contribution is -2.26. The summed E-state index contributed by atoms with van der Waals surface area (Å²) in [6.45, 7) is 3.61. The van der Waals surface area contributed by atoms with Crippen molar-refractivity contribution in [1.29, 1.82) is 0 Å². The third-order valence-corrected chi connectivity index (χ3v) is 6.76. The summed E-state index contributed by atoms with van der Waals surface area (Å²) in [4.78, 5) is 14.0. The molecule has 0 N–H and O–H groups in total. The van der Waals surface area contributed by atoms with Crippen molar-refractivity contribution in [2.75, 3.05) is 4.90 Å². The molecule has 4 rings (SSSR count). The van der Waals surface area contributed by atoms with Crippen LogP contribution in [0.5, 0.6) is 0 Å². The molecule has 30 heavy (non-hydrogen) atoms. The molecule has 4 nitrogen and oxygen atoms in total. The number of halogens is 2. The van der Waals surface area contributed by atoms with Gasteiger partial charge in [-0.1, -0.05) is 23.8 Å². The number of ketones is 1. The van der Waals surface area contributed by atoms with Gasteiger partial charge in [-0.25, -0.2) is 17.2 Å². The van der Waals surface area contributed by atoms with Crippen LogP contribution >= 0.6 is 0 Å². The number of fused-ring (bicyclic) bond motifs is 1. The maximum atomic E-state index is 13.9. The molecule has 0 aliphatic carbocycles. The molecule has 7 heteroatoms. The van der Waals surface area contributed by atoms with Crippen LogP contribution in [0.3, 0.4) is 0 Å². The van der Waals surface area contributed by atoms with E-state index in [1.165, 1.54) is 35.4 Å². The largest absolute Gasteiger partial charge is 0.314 e. The Bertz CT molecular complexity index is 1310. The topological polar surface area (TPSA) is 54.5 Å². The van der Waals surface area contributed by atoms with Crippen LogP contribution in [0.1, 0.15) is 21.5 Å². The van der Waals surface area contributed by atoms with E-state index in [4.69, 9.17) is 0 Å². The molecule has 3 aromatic carbocycles. The number of hydrogen-bond acceptors (Lipinski definition) is 4. The van der Waals surface area contributed by atoms with Crippen LogP contribution in [0.15, 0.2) is 76.7 Å². The highest BCUT2D eigenvalue weighted by atomic mass is 32.2. The van der Waals surface area contributed by atoms with E-state index in [-0.39, 0.29) is 16.1 Å². The first kappa shape index (κ1) is 20.0. The second kappa shape index (κ2) is 7.18. The molecule has 0 aromatic heterocycles. The molecule has 152 valence electrons. The van der Waals surface area contributed by atoms with Crippen LogP contribution in [0, 0.1) is 25.5 Å². The van der Waals surface area contributed by atoms with E-state index in [9.17, 15) is 22.0 Å². The highest BCUT2D eigenvalue weighted by molar-refractivity contribution is 7.96. The van der Waals surface area contributed by atoms with E-state index in [1.807, 2.05) is 6.92 Å². The summed E-state index contributed by atoms with van der Waals surface area (Å²) in [5, 5.41) is 0. The van der Waals surface area contributed by atoms with Gasteiger partial charge >= 0.3 is 0 Å². The number of allylic oxidation sites excluding steroid dienone is 1. The zero-order valence-corrected chi connectivity index (χ0v) is 17.0. The first-order valence-electron chi connectivity index (χ1n) is 9.12. The Labute approximate surface area is 173 Å². The first-order valence-corrected chi connectivity index (χ1v) is 10.6. The molecule has 0 unspecified atom stereocenters. The normalized spacial score (nSPS) is 14.8. The predicted molar refractivity (Wildman–Crippen MR) is 110 cm³/mol. The molecule has 0 fully saturated rings. The number of nitrogens with zero attached hydrogens (tertiary/aromatic N) is 1. The van der Waals surface area contributed by atoms with Crippen molar-refractivity contribution in [3.05, 3.63) is 100 Å². The van der Waals surface area contributed by atoms with Crippen molar-refractivity contribution in [2.45, 2.75) is 18.7 Å². The molecule has 0 atom stereocenters. The van der Waals surface area contributed by atoms with Crippen molar-refractivity contribution in [3.8, 4) is 0 Å². The van der Waals surface area contributed by atoms with Crippen LogP contribution in [-0.2, 0) is 9.84 Å². The second-order valence-corrected chi connectivity index (χ2v) is 8.99. The van der Waals surface area contributed by atoms with E-state index in [0.29, 0.717) is 11.3 Å². The average molecular weight is 425 g/mol. The SMILES string of the molecule is Cc1ccc(C(=O)C2=CN(c3ccc(F)cc3)c3cc(F)ccc3S2(=O)=O)c(C)c1. The average Bonchev–Trinajstić information content (AvgIpc) is 2.68. The lowest BCUT2D eigenvalue weighted by molar-refractivity contribution is 0.104. The first-order chi connectivity index (χ1) is 14.2. The van der Waals surface area contributed by atoms with Crippen molar-refractivity contribution < 1.29 is 22.0 Å². The summed E-state index contributed by atoms with van der Waals surface area (Å²) in [5.41, 5.74) is 2.30. The lowest BCUT2D eigenvalue weighted by Gasteiger charge is -2.29. The van der Waals surface area contributed by atoms with Crippen molar-refractivity contribution >= 4 is 27.0 Å². The van der Waals surface area contributed by atoms with E-state index >= 15 is 0 Å². The number of hydrogen-bond donors (Lipinski definition) is 0. The van der Waals surface area contributed by atoms with Crippen LogP contribution in [0.4, 0.5) is 20.2 Å². The van der Waals surface area contributed by atoms with Gasteiger partial charge in [0.1, 0.15) is 16.5 Å². The summed E-state index contributed by atoms with van der Waals surface area (Å²) in [5.74, 6) is -1.76. The molecule has 0 saturated heterocycles. The summed E-state index contributed by atoms with van der Waals surface area (Å²) in [7, 11) is -4.19. The van der Waals surface area contributed by atoms with Crippen molar-refractivity contribution in [1.82, 2.24) is 0 Å². The van der Waals surface area contributed by atoms with Crippen LogP contribution in [0.25, 0.3) is 0 Å². The van der Waals surface area contributed by atoms with Gasteiger partial charge in [0, 0.05) is 17.5 Å². The van der Waals surface area contributed by atoms with Crippen molar-refractivity contribution in [3.63, 3.8) is 0 Å². The van der Waals surface area contributed by atoms with Gasteiger partial charge in [0.05, 0.1) is 10.6 Å². The number of benzene rings is 3. The molecular weight excluding hydrogens is 408 g/mol. The summed E-state index contributed by atoms with van der Waals surface area (Å²) < 4.78 is 53.8. The van der Waals surface area contributed by atoms with Gasteiger partial charge in [-0.3, -0.25) is 4.79 Å². The molecule has 0 radical (unpaired) electrons. The highest BCUT2D eigenvalue weighted by Gasteiger charge is 2.36. The monoisotopic (exact) mass is 425 g/mol. The zero-order valence-electron chi connectivity index (χ0n) is 16.2. The highest BCUT2D eigenvalue weighted by Crippen LogP contribution is 2.41. The number of aryl methyl sites for hydroxylation is 2. The molecule has 3 aromatic rings. The van der Waals surface area contributed by atoms with Gasteiger partial charge in [-0.15, -0.1) is 0 Å². The van der Waals surface area contributed by atoms with E-state index in [0.717, 1.165) is 23.8 Å². The van der Waals surface area contributed by atoms with Crippen LogP contribution in [-0.4, -0.2) is 14.2 Å². The van der Waals surface area contributed by atoms with Gasteiger partial charge in [0.15, 0.2) is 0 Å². The number of carbonyl (C=O) groups excluding carboxylic acids is 1. The molecule has 0 amide bonds. The van der Waals surface area contributed by atoms with Gasteiger partial charge in [-0.2, -0.15) is 0 Å². The maximum Gasteiger partial charge on any atom is 0.214 e. The van der Waals surface area contributed by atoms with Gasteiger partial charge in [0.25, 0.3) is 0 Å². The Morgan fingerprint density at radius 1 is 0.867 bits per heavy atom. The van der Waals surface area contributed by atoms with Gasteiger partial charge < -0.3 is 4.90 Å². The standard InChI is InChI=1S/C23H17F2NO3S/c1-14-3-9-19(15(2)11-14)23(27)22-13-26(18-7-4-16(24)5-8-18)20-12-17(25)6-10-21(20)30(22,28)29/h3-13H,1-2H3.